The first-order chi connectivity index (χ1) is 9.60. The minimum atomic E-state index is -0.519. The standard InChI is InChI=1S/C15H20FNO3/c16-12-5-1-10(2-6-12)14(9-18)17-15(20)11-3-7-13(19)8-4-11/h1-2,5-6,11,13-14,18-19H,3-4,7-9H2,(H,17,20). The fourth-order valence-corrected chi connectivity index (χ4v) is 2.56. The summed E-state index contributed by atoms with van der Waals surface area (Å²) in [5.74, 6) is -0.578. The highest BCUT2D eigenvalue weighted by atomic mass is 19.1. The van der Waals surface area contributed by atoms with Crippen LogP contribution in [0.3, 0.4) is 0 Å². The Labute approximate surface area is 117 Å². The third-order valence-electron chi connectivity index (χ3n) is 3.84. The second-order valence-corrected chi connectivity index (χ2v) is 5.30. The summed E-state index contributed by atoms with van der Waals surface area (Å²) >= 11 is 0. The molecule has 0 spiro atoms. The predicted molar refractivity (Wildman–Crippen MR) is 72.3 cm³/mol. The lowest BCUT2D eigenvalue weighted by Gasteiger charge is -2.26. The number of amides is 1. The molecule has 1 saturated carbocycles. The fourth-order valence-electron chi connectivity index (χ4n) is 2.56. The monoisotopic (exact) mass is 281 g/mol. The van der Waals surface area contributed by atoms with Crippen molar-refractivity contribution in [2.24, 2.45) is 5.92 Å². The largest absolute Gasteiger partial charge is 0.394 e. The van der Waals surface area contributed by atoms with Crippen LogP contribution in [0.15, 0.2) is 24.3 Å². The molecule has 1 atom stereocenters. The number of hydrogen-bond donors (Lipinski definition) is 3. The van der Waals surface area contributed by atoms with Crippen LogP contribution in [0, 0.1) is 11.7 Å². The van der Waals surface area contributed by atoms with E-state index in [1.54, 1.807) is 12.1 Å². The van der Waals surface area contributed by atoms with Gasteiger partial charge in [-0.3, -0.25) is 4.79 Å². The topological polar surface area (TPSA) is 69.6 Å². The molecule has 0 saturated heterocycles. The Bertz CT molecular complexity index is 441. The van der Waals surface area contributed by atoms with Gasteiger partial charge in [-0.1, -0.05) is 12.1 Å². The number of aliphatic hydroxyl groups excluding tert-OH is 2. The Morgan fingerprint density at radius 2 is 1.85 bits per heavy atom. The molecule has 1 aliphatic carbocycles. The lowest BCUT2D eigenvalue weighted by atomic mass is 9.86. The molecule has 1 aromatic rings. The molecule has 0 bridgehead atoms. The van der Waals surface area contributed by atoms with E-state index < -0.39 is 6.04 Å². The van der Waals surface area contributed by atoms with E-state index in [1.165, 1.54) is 12.1 Å². The summed E-state index contributed by atoms with van der Waals surface area (Å²) in [6.07, 6.45) is 2.30. The highest BCUT2D eigenvalue weighted by Gasteiger charge is 2.26. The average molecular weight is 281 g/mol. The summed E-state index contributed by atoms with van der Waals surface area (Å²) in [7, 11) is 0. The molecule has 0 aliphatic heterocycles. The van der Waals surface area contributed by atoms with Crippen LogP contribution < -0.4 is 5.32 Å². The first-order valence-corrected chi connectivity index (χ1v) is 6.95. The van der Waals surface area contributed by atoms with Crippen LogP contribution in [0.1, 0.15) is 37.3 Å². The summed E-state index contributed by atoms with van der Waals surface area (Å²) in [6.45, 7) is -0.229. The van der Waals surface area contributed by atoms with Gasteiger partial charge in [-0.25, -0.2) is 4.39 Å². The molecular weight excluding hydrogens is 261 g/mol. The molecule has 20 heavy (non-hydrogen) atoms. The first-order valence-electron chi connectivity index (χ1n) is 6.95. The summed E-state index contributed by atoms with van der Waals surface area (Å²) in [5, 5.41) is 21.6. The smallest absolute Gasteiger partial charge is 0.223 e. The predicted octanol–water partition coefficient (Wildman–Crippen LogP) is 1.53. The molecule has 1 aliphatic rings. The maximum atomic E-state index is 12.9. The molecule has 1 unspecified atom stereocenters. The van der Waals surface area contributed by atoms with Gasteiger partial charge in [-0.05, 0) is 43.4 Å². The summed E-state index contributed by atoms with van der Waals surface area (Å²) in [6, 6.07) is 5.21. The highest BCUT2D eigenvalue weighted by Crippen LogP contribution is 2.25. The number of carbonyl (C=O) groups excluding carboxylic acids is 1. The van der Waals surface area contributed by atoms with Crippen molar-refractivity contribution in [2.75, 3.05) is 6.61 Å². The summed E-state index contributed by atoms with van der Waals surface area (Å²) < 4.78 is 12.9. The van der Waals surface area contributed by atoms with Crippen LogP contribution in [-0.2, 0) is 4.79 Å². The van der Waals surface area contributed by atoms with E-state index in [4.69, 9.17) is 0 Å². The van der Waals surface area contributed by atoms with Crippen LogP contribution in [0.25, 0.3) is 0 Å². The maximum absolute atomic E-state index is 12.9. The molecule has 3 N–H and O–H groups in total. The summed E-state index contributed by atoms with van der Waals surface area (Å²) in [5.41, 5.74) is 0.679. The SMILES string of the molecule is O=C(NC(CO)c1ccc(F)cc1)C1CCC(O)CC1. The second-order valence-electron chi connectivity index (χ2n) is 5.30. The van der Waals surface area contributed by atoms with Gasteiger partial charge in [0.15, 0.2) is 0 Å². The number of carbonyl (C=O) groups is 1. The van der Waals surface area contributed by atoms with Gasteiger partial charge in [0.1, 0.15) is 5.82 Å². The van der Waals surface area contributed by atoms with E-state index >= 15 is 0 Å². The number of hydrogen-bond acceptors (Lipinski definition) is 3. The Hall–Kier alpha value is -1.46. The van der Waals surface area contributed by atoms with E-state index in [0.29, 0.717) is 31.2 Å². The van der Waals surface area contributed by atoms with Gasteiger partial charge in [0, 0.05) is 5.92 Å². The Balaban J connectivity index is 1.95. The van der Waals surface area contributed by atoms with Crippen molar-refractivity contribution in [1.29, 1.82) is 0 Å². The zero-order valence-electron chi connectivity index (χ0n) is 11.3. The average Bonchev–Trinajstić information content (AvgIpc) is 2.46. The zero-order valence-corrected chi connectivity index (χ0v) is 11.3. The molecule has 1 amide bonds. The van der Waals surface area contributed by atoms with Crippen molar-refractivity contribution in [3.05, 3.63) is 35.6 Å². The second kappa shape index (κ2) is 6.81. The molecule has 0 aromatic heterocycles. The Morgan fingerprint density at radius 3 is 2.40 bits per heavy atom. The molecule has 110 valence electrons. The molecule has 0 heterocycles. The number of rotatable bonds is 4. The van der Waals surface area contributed by atoms with Gasteiger partial charge in [-0.2, -0.15) is 0 Å². The van der Waals surface area contributed by atoms with E-state index in [9.17, 15) is 19.4 Å². The zero-order chi connectivity index (χ0) is 14.5. The van der Waals surface area contributed by atoms with Crippen molar-refractivity contribution < 1.29 is 19.4 Å². The van der Waals surface area contributed by atoms with E-state index in [-0.39, 0.29) is 30.4 Å². The van der Waals surface area contributed by atoms with Crippen molar-refractivity contribution in [3.63, 3.8) is 0 Å². The molecule has 1 aromatic carbocycles. The van der Waals surface area contributed by atoms with Gasteiger partial charge >= 0.3 is 0 Å². The lowest BCUT2D eigenvalue weighted by molar-refractivity contribution is -0.127. The molecule has 2 rings (SSSR count). The number of halogens is 1. The van der Waals surface area contributed by atoms with Crippen LogP contribution in [0.4, 0.5) is 4.39 Å². The van der Waals surface area contributed by atoms with Crippen LogP contribution in [-0.4, -0.2) is 28.8 Å². The molecule has 5 heteroatoms. The van der Waals surface area contributed by atoms with Crippen molar-refractivity contribution in [1.82, 2.24) is 5.32 Å². The first kappa shape index (κ1) is 14.9. The van der Waals surface area contributed by atoms with Crippen molar-refractivity contribution >= 4 is 5.91 Å². The van der Waals surface area contributed by atoms with E-state index in [2.05, 4.69) is 5.32 Å². The number of benzene rings is 1. The minimum Gasteiger partial charge on any atom is -0.394 e. The minimum absolute atomic E-state index is 0.111. The lowest BCUT2D eigenvalue weighted by Crippen LogP contribution is -2.37. The van der Waals surface area contributed by atoms with Crippen molar-refractivity contribution in [3.8, 4) is 0 Å². The molecule has 0 radical (unpaired) electrons. The van der Waals surface area contributed by atoms with E-state index in [1.807, 2.05) is 0 Å². The van der Waals surface area contributed by atoms with Gasteiger partial charge < -0.3 is 15.5 Å². The van der Waals surface area contributed by atoms with Crippen molar-refractivity contribution in [2.45, 2.75) is 37.8 Å². The van der Waals surface area contributed by atoms with Gasteiger partial charge in [0.2, 0.25) is 5.91 Å². The molecular formula is C15H20FNO3. The Morgan fingerprint density at radius 1 is 1.25 bits per heavy atom. The van der Waals surface area contributed by atoms with Crippen LogP contribution in [0.2, 0.25) is 0 Å². The highest BCUT2D eigenvalue weighted by molar-refractivity contribution is 5.79. The molecule has 1 fully saturated rings. The summed E-state index contributed by atoms with van der Waals surface area (Å²) in [4.78, 5) is 12.1. The normalized spacial score (nSPS) is 24.1. The van der Waals surface area contributed by atoms with Gasteiger partial charge in [0.25, 0.3) is 0 Å². The number of nitrogens with one attached hydrogen (secondary N) is 1. The van der Waals surface area contributed by atoms with Crippen LogP contribution in [0.5, 0.6) is 0 Å². The fraction of sp³-hybridized carbons (Fsp3) is 0.533. The number of aliphatic hydroxyl groups is 2. The third-order valence-corrected chi connectivity index (χ3v) is 3.84. The van der Waals surface area contributed by atoms with E-state index in [0.717, 1.165) is 0 Å². The quantitative estimate of drug-likeness (QED) is 0.784. The maximum Gasteiger partial charge on any atom is 0.223 e. The van der Waals surface area contributed by atoms with Crippen LogP contribution >= 0.6 is 0 Å². The van der Waals surface area contributed by atoms with Gasteiger partial charge in [0.05, 0.1) is 18.8 Å². The third kappa shape index (κ3) is 3.77. The Kier molecular flexibility index (Phi) is 5.09. The molecule has 4 nitrogen and oxygen atoms in total. The van der Waals surface area contributed by atoms with Gasteiger partial charge in [-0.15, -0.1) is 0 Å².